The zero-order valence-electron chi connectivity index (χ0n) is 14.8. The van der Waals surface area contributed by atoms with Crippen molar-refractivity contribution in [2.75, 3.05) is 18.4 Å². The minimum atomic E-state index is -4.34. The van der Waals surface area contributed by atoms with Crippen LogP contribution in [0.1, 0.15) is 52.8 Å². The van der Waals surface area contributed by atoms with Crippen molar-refractivity contribution in [2.45, 2.75) is 50.9 Å². The van der Waals surface area contributed by atoms with Gasteiger partial charge in [0.1, 0.15) is 10.7 Å². The Labute approximate surface area is 157 Å². The first-order chi connectivity index (χ1) is 12.7. The number of aryl methyl sites for hydroxylation is 1. The van der Waals surface area contributed by atoms with E-state index < -0.39 is 12.2 Å². The van der Waals surface area contributed by atoms with Gasteiger partial charge in [-0.15, -0.1) is 5.10 Å². The van der Waals surface area contributed by atoms with Gasteiger partial charge in [-0.05, 0) is 38.2 Å². The molecule has 1 N–H and O–H groups in total. The zero-order valence-corrected chi connectivity index (χ0v) is 15.6. The molecule has 4 heterocycles. The van der Waals surface area contributed by atoms with Gasteiger partial charge in [0.25, 0.3) is 5.91 Å². The second-order valence-corrected chi connectivity index (χ2v) is 7.92. The van der Waals surface area contributed by atoms with Crippen LogP contribution >= 0.6 is 11.5 Å². The van der Waals surface area contributed by atoms with Crippen molar-refractivity contribution in [2.24, 2.45) is 0 Å². The van der Waals surface area contributed by atoms with Crippen LogP contribution in [0.2, 0.25) is 0 Å². The molecular formula is C16H19F3N6OS. The average Bonchev–Trinajstić information content (AvgIpc) is 3.30. The molecule has 0 bridgehead atoms. The number of aromatic nitrogens is 4. The number of likely N-dealkylation sites (tertiary alicyclic amines) is 1. The molecule has 3 atom stereocenters. The van der Waals surface area contributed by atoms with Gasteiger partial charge >= 0.3 is 6.18 Å². The number of rotatable bonds is 2. The highest BCUT2D eigenvalue weighted by atomic mass is 32.1. The summed E-state index contributed by atoms with van der Waals surface area (Å²) in [6.45, 7) is 4.43. The van der Waals surface area contributed by atoms with E-state index in [-0.39, 0.29) is 24.3 Å². The maximum atomic E-state index is 13.4. The highest BCUT2D eigenvalue weighted by Crippen LogP contribution is 2.40. The fraction of sp³-hybridized carbons (Fsp3) is 0.625. The number of anilines is 1. The summed E-state index contributed by atoms with van der Waals surface area (Å²) >= 11 is 1.06. The lowest BCUT2D eigenvalue weighted by Gasteiger charge is -2.31. The Morgan fingerprint density at radius 1 is 1.41 bits per heavy atom. The van der Waals surface area contributed by atoms with Gasteiger partial charge in [-0.3, -0.25) is 4.79 Å². The molecule has 2 aromatic heterocycles. The third-order valence-electron chi connectivity index (χ3n) is 5.14. The van der Waals surface area contributed by atoms with Crippen molar-refractivity contribution in [1.82, 2.24) is 24.3 Å². The number of nitrogens with zero attached hydrogens (tertiary/aromatic N) is 5. The first-order valence-electron chi connectivity index (χ1n) is 8.75. The SMILES string of the molecule is Cc1nnsc1C(=O)N1CCC(c2cc3n(n2)[C@@H](C(F)(F)F)C[C@@H](C)N3)C1. The lowest BCUT2D eigenvalue weighted by Crippen LogP contribution is -2.37. The monoisotopic (exact) mass is 400 g/mol. The van der Waals surface area contributed by atoms with Gasteiger partial charge in [-0.1, -0.05) is 4.49 Å². The fourth-order valence-electron chi connectivity index (χ4n) is 3.73. The number of carbonyl (C=O) groups excluding carboxylic acids is 1. The number of alkyl halides is 3. The summed E-state index contributed by atoms with van der Waals surface area (Å²) in [4.78, 5) is 14.8. The smallest absolute Gasteiger partial charge is 0.368 e. The lowest BCUT2D eigenvalue weighted by molar-refractivity contribution is -0.173. The standard InChI is InChI=1S/C16H19F3N6OS/c1-8-5-12(16(17,18)19)25-13(20-8)6-11(22-25)10-3-4-24(7-10)15(26)14-9(2)21-23-27-14/h6,8,10,12,20H,3-5,7H2,1-2H3/t8-,10?,12-/m1/s1. The van der Waals surface area contributed by atoms with Gasteiger partial charge < -0.3 is 10.2 Å². The third-order valence-corrected chi connectivity index (χ3v) is 5.95. The highest BCUT2D eigenvalue weighted by molar-refractivity contribution is 7.07. The summed E-state index contributed by atoms with van der Waals surface area (Å²) in [6.07, 6.45) is -3.73. The van der Waals surface area contributed by atoms with Crippen molar-refractivity contribution >= 4 is 23.3 Å². The number of amides is 1. The molecule has 0 aliphatic carbocycles. The molecule has 1 amide bonds. The van der Waals surface area contributed by atoms with Crippen LogP contribution in [0.3, 0.4) is 0 Å². The summed E-state index contributed by atoms with van der Waals surface area (Å²) in [6, 6.07) is -0.216. The van der Waals surface area contributed by atoms with Gasteiger partial charge in [-0.25, -0.2) is 4.68 Å². The van der Waals surface area contributed by atoms with E-state index in [1.165, 1.54) is 0 Å². The molecule has 2 aliphatic heterocycles. The fourth-order valence-corrected chi connectivity index (χ4v) is 4.36. The first-order valence-corrected chi connectivity index (χ1v) is 9.52. The van der Waals surface area contributed by atoms with Crippen LogP contribution in [0.5, 0.6) is 0 Å². The quantitative estimate of drug-likeness (QED) is 0.839. The highest BCUT2D eigenvalue weighted by Gasteiger charge is 2.46. The Morgan fingerprint density at radius 2 is 2.19 bits per heavy atom. The summed E-state index contributed by atoms with van der Waals surface area (Å²) in [7, 11) is 0. The van der Waals surface area contributed by atoms with Crippen LogP contribution in [0.15, 0.2) is 6.07 Å². The van der Waals surface area contributed by atoms with Gasteiger partial charge in [0.05, 0.1) is 11.4 Å². The minimum Gasteiger partial charge on any atom is -0.368 e. The van der Waals surface area contributed by atoms with Crippen LogP contribution in [0, 0.1) is 6.92 Å². The molecule has 2 aliphatic rings. The van der Waals surface area contributed by atoms with Crippen molar-refractivity contribution in [1.29, 1.82) is 0 Å². The molecule has 11 heteroatoms. The van der Waals surface area contributed by atoms with E-state index in [2.05, 4.69) is 20.0 Å². The van der Waals surface area contributed by atoms with Gasteiger partial charge in [-0.2, -0.15) is 18.3 Å². The molecule has 0 radical (unpaired) electrons. The van der Waals surface area contributed by atoms with Crippen LogP contribution in [-0.2, 0) is 0 Å². The normalized spacial score (nSPS) is 25.4. The Bertz CT molecular complexity index is 863. The average molecular weight is 400 g/mol. The van der Waals surface area contributed by atoms with E-state index >= 15 is 0 Å². The Balaban J connectivity index is 1.54. The predicted molar refractivity (Wildman–Crippen MR) is 92.9 cm³/mol. The molecule has 1 unspecified atom stereocenters. The topological polar surface area (TPSA) is 75.9 Å². The lowest BCUT2D eigenvalue weighted by atomic mass is 10.0. The molecule has 0 spiro atoms. The number of halogens is 3. The van der Waals surface area contributed by atoms with Gasteiger partial charge in [0, 0.05) is 31.1 Å². The second kappa shape index (κ2) is 6.47. The second-order valence-electron chi connectivity index (χ2n) is 7.16. The van der Waals surface area contributed by atoms with Crippen LogP contribution in [0.25, 0.3) is 0 Å². The van der Waals surface area contributed by atoms with E-state index in [1.54, 1.807) is 24.8 Å². The zero-order chi connectivity index (χ0) is 19.3. The van der Waals surface area contributed by atoms with Crippen LogP contribution < -0.4 is 5.32 Å². The summed E-state index contributed by atoms with van der Waals surface area (Å²) in [5.74, 6) is 0.173. The number of carbonyl (C=O) groups is 1. The molecular weight excluding hydrogens is 381 g/mol. The maximum absolute atomic E-state index is 13.4. The third kappa shape index (κ3) is 3.28. The molecule has 0 aromatic carbocycles. The molecule has 146 valence electrons. The van der Waals surface area contributed by atoms with E-state index in [0.717, 1.165) is 16.2 Å². The Kier molecular flexibility index (Phi) is 4.36. The Hall–Kier alpha value is -2.17. The largest absolute Gasteiger partial charge is 0.410 e. The summed E-state index contributed by atoms with van der Waals surface area (Å²) in [5.41, 5.74) is 1.19. The minimum absolute atomic E-state index is 0.0510. The Morgan fingerprint density at radius 3 is 2.85 bits per heavy atom. The van der Waals surface area contributed by atoms with Crippen LogP contribution in [-0.4, -0.2) is 55.5 Å². The van der Waals surface area contributed by atoms with E-state index in [9.17, 15) is 18.0 Å². The van der Waals surface area contributed by atoms with Crippen molar-refractivity contribution in [3.63, 3.8) is 0 Å². The van der Waals surface area contributed by atoms with E-state index in [4.69, 9.17) is 0 Å². The summed E-state index contributed by atoms with van der Waals surface area (Å²) < 4.78 is 45.0. The molecule has 1 fully saturated rings. The van der Waals surface area contributed by atoms with Crippen molar-refractivity contribution in [3.8, 4) is 0 Å². The van der Waals surface area contributed by atoms with E-state index in [0.29, 0.717) is 41.6 Å². The molecule has 0 saturated carbocycles. The first kappa shape index (κ1) is 18.2. The molecule has 7 nitrogen and oxygen atoms in total. The summed E-state index contributed by atoms with van der Waals surface area (Å²) in [5, 5.41) is 11.2. The molecule has 27 heavy (non-hydrogen) atoms. The van der Waals surface area contributed by atoms with Gasteiger partial charge in [0.2, 0.25) is 0 Å². The van der Waals surface area contributed by atoms with Crippen molar-refractivity contribution in [3.05, 3.63) is 22.3 Å². The number of hydrogen-bond acceptors (Lipinski definition) is 6. The number of hydrogen-bond donors (Lipinski definition) is 1. The van der Waals surface area contributed by atoms with Crippen LogP contribution in [0.4, 0.5) is 19.0 Å². The molecule has 2 aromatic rings. The number of nitrogens with one attached hydrogen (secondary N) is 1. The number of fused-ring (bicyclic) bond motifs is 1. The van der Waals surface area contributed by atoms with E-state index in [1.807, 2.05) is 0 Å². The molecule has 1 saturated heterocycles. The molecule has 4 rings (SSSR count). The van der Waals surface area contributed by atoms with Crippen molar-refractivity contribution < 1.29 is 18.0 Å². The maximum Gasteiger partial charge on any atom is 0.410 e. The van der Waals surface area contributed by atoms with Gasteiger partial charge in [0.15, 0.2) is 6.04 Å². The predicted octanol–water partition coefficient (Wildman–Crippen LogP) is 2.98.